The quantitative estimate of drug-likeness (QED) is 0.789. The van der Waals surface area contributed by atoms with Gasteiger partial charge in [0.15, 0.2) is 0 Å². The van der Waals surface area contributed by atoms with Gasteiger partial charge in [-0.25, -0.2) is 0 Å². The van der Waals surface area contributed by atoms with Crippen molar-refractivity contribution < 1.29 is 9.47 Å². The van der Waals surface area contributed by atoms with Crippen LogP contribution < -0.4 is 9.47 Å². The van der Waals surface area contributed by atoms with Crippen molar-refractivity contribution in [2.24, 2.45) is 0 Å². The van der Waals surface area contributed by atoms with Gasteiger partial charge in [-0.2, -0.15) is 0 Å². The normalized spacial score (nSPS) is 11.3. The number of rotatable bonds is 4. The fraction of sp³-hybridized carbons (Fsp3) is 0.412. The largest absolute Gasteiger partial charge is 0.491 e. The highest BCUT2D eigenvalue weighted by molar-refractivity contribution is 5.90. The summed E-state index contributed by atoms with van der Waals surface area (Å²) in [6, 6.07) is 10.4. The van der Waals surface area contributed by atoms with Crippen LogP contribution >= 0.6 is 0 Å². The first-order valence-corrected chi connectivity index (χ1v) is 6.84. The van der Waals surface area contributed by atoms with Crippen molar-refractivity contribution >= 4 is 10.8 Å². The van der Waals surface area contributed by atoms with Crippen LogP contribution in [0.15, 0.2) is 30.3 Å². The second-order valence-electron chi connectivity index (χ2n) is 5.43. The molecule has 0 aliphatic carbocycles. The van der Waals surface area contributed by atoms with E-state index in [1.165, 1.54) is 5.56 Å². The summed E-state index contributed by atoms with van der Waals surface area (Å²) >= 11 is 0. The third kappa shape index (κ3) is 3.19. The zero-order valence-corrected chi connectivity index (χ0v) is 12.4. The van der Waals surface area contributed by atoms with Gasteiger partial charge in [0, 0.05) is 5.39 Å². The van der Waals surface area contributed by atoms with Crippen LogP contribution in [0.1, 0.15) is 33.3 Å². The van der Waals surface area contributed by atoms with Crippen molar-refractivity contribution in [3.63, 3.8) is 0 Å². The average molecular weight is 258 g/mol. The van der Waals surface area contributed by atoms with E-state index in [-0.39, 0.29) is 12.2 Å². The smallest absolute Gasteiger partial charge is 0.130 e. The van der Waals surface area contributed by atoms with Gasteiger partial charge in [-0.3, -0.25) is 0 Å². The first-order chi connectivity index (χ1) is 8.97. The van der Waals surface area contributed by atoms with Crippen LogP contribution in [0.2, 0.25) is 0 Å². The van der Waals surface area contributed by atoms with E-state index in [1.54, 1.807) is 0 Å². The van der Waals surface area contributed by atoms with Crippen LogP contribution in [0.3, 0.4) is 0 Å². The molecule has 0 aliphatic heterocycles. The molecule has 0 saturated carbocycles. The van der Waals surface area contributed by atoms with Gasteiger partial charge in [0.25, 0.3) is 0 Å². The highest BCUT2D eigenvalue weighted by Gasteiger charge is 2.09. The van der Waals surface area contributed by atoms with Crippen LogP contribution in [0.5, 0.6) is 11.5 Å². The molecule has 102 valence electrons. The van der Waals surface area contributed by atoms with Gasteiger partial charge in [-0.15, -0.1) is 0 Å². The predicted molar refractivity (Wildman–Crippen MR) is 80.2 cm³/mol. The molecule has 0 spiro atoms. The Morgan fingerprint density at radius 3 is 2.16 bits per heavy atom. The van der Waals surface area contributed by atoms with Gasteiger partial charge >= 0.3 is 0 Å². The maximum atomic E-state index is 5.94. The van der Waals surface area contributed by atoms with Crippen LogP contribution in [-0.2, 0) is 0 Å². The molecular formula is C17H22O2. The zero-order valence-electron chi connectivity index (χ0n) is 12.4. The number of ether oxygens (including phenoxy) is 2. The number of fused-ring (bicyclic) bond motifs is 1. The Bertz CT molecular complexity index is 571. The van der Waals surface area contributed by atoms with Crippen molar-refractivity contribution in [2.45, 2.75) is 46.8 Å². The average Bonchev–Trinajstić information content (AvgIpc) is 2.31. The summed E-state index contributed by atoms with van der Waals surface area (Å²) in [5, 5.41) is 2.30. The number of hydrogen-bond acceptors (Lipinski definition) is 2. The molecule has 0 radical (unpaired) electrons. The third-order valence-corrected chi connectivity index (χ3v) is 2.86. The lowest BCUT2D eigenvalue weighted by atomic mass is 10.1. The molecule has 0 heterocycles. The van der Waals surface area contributed by atoms with E-state index in [9.17, 15) is 0 Å². The van der Waals surface area contributed by atoms with Gasteiger partial charge in [0.2, 0.25) is 0 Å². The Hall–Kier alpha value is -1.70. The molecule has 2 aromatic rings. The van der Waals surface area contributed by atoms with Crippen LogP contribution in [0, 0.1) is 6.92 Å². The Morgan fingerprint density at radius 1 is 0.842 bits per heavy atom. The van der Waals surface area contributed by atoms with Gasteiger partial charge < -0.3 is 9.47 Å². The molecule has 0 amide bonds. The van der Waals surface area contributed by atoms with E-state index in [4.69, 9.17) is 9.47 Å². The molecule has 2 nitrogen and oxygen atoms in total. The second kappa shape index (κ2) is 5.52. The van der Waals surface area contributed by atoms with Gasteiger partial charge in [0.05, 0.1) is 12.2 Å². The minimum absolute atomic E-state index is 0.177. The summed E-state index contributed by atoms with van der Waals surface area (Å²) in [4.78, 5) is 0. The number of hydrogen-bond donors (Lipinski definition) is 0. The Balaban J connectivity index is 2.48. The summed E-state index contributed by atoms with van der Waals surface area (Å²) in [7, 11) is 0. The molecule has 19 heavy (non-hydrogen) atoms. The first-order valence-electron chi connectivity index (χ1n) is 6.84. The molecule has 0 unspecified atom stereocenters. The molecule has 0 atom stereocenters. The van der Waals surface area contributed by atoms with Crippen LogP contribution in [-0.4, -0.2) is 12.2 Å². The monoisotopic (exact) mass is 258 g/mol. The SMILES string of the molecule is Cc1ccc2cc(OC(C)C)ccc2c1OC(C)C. The van der Waals surface area contributed by atoms with Crippen molar-refractivity contribution in [1.29, 1.82) is 0 Å². The summed E-state index contributed by atoms with van der Waals surface area (Å²) < 4.78 is 11.7. The van der Waals surface area contributed by atoms with Gasteiger partial charge in [-0.05, 0) is 63.8 Å². The topological polar surface area (TPSA) is 18.5 Å². The second-order valence-corrected chi connectivity index (χ2v) is 5.43. The van der Waals surface area contributed by atoms with Gasteiger partial charge in [0.1, 0.15) is 11.5 Å². The minimum atomic E-state index is 0.177. The van der Waals surface area contributed by atoms with Crippen molar-refractivity contribution in [3.8, 4) is 11.5 Å². The standard InChI is InChI=1S/C17H22O2/c1-11(2)18-15-8-9-16-14(10-15)7-6-13(5)17(16)19-12(3)4/h6-12H,1-5H3. The van der Waals surface area contributed by atoms with E-state index in [1.807, 2.05) is 19.9 Å². The van der Waals surface area contributed by atoms with Crippen molar-refractivity contribution in [2.75, 3.05) is 0 Å². The Labute approximate surface area is 115 Å². The fourth-order valence-electron chi connectivity index (χ4n) is 2.13. The van der Waals surface area contributed by atoms with Crippen LogP contribution in [0.25, 0.3) is 10.8 Å². The van der Waals surface area contributed by atoms with E-state index >= 15 is 0 Å². The van der Waals surface area contributed by atoms with E-state index in [0.29, 0.717) is 0 Å². The fourth-order valence-corrected chi connectivity index (χ4v) is 2.13. The Kier molecular flexibility index (Phi) is 3.98. The third-order valence-electron chi connectivity index (χ3n) is 2.86. The molecule has 2 heteroatoms. The molecule has 0 aromatic heterocycles. The lowest BCUT2D eigenvalue weighted by Crippen LogP contribution is -2.07. The highest BCUT2D eigenvalue weighted by atomic mass is 16.5. The summed E-state index contributed by atoms with van der Waals surface area (Å²) in [6.07, 6.45) is 0.366. The molecule has 2 rings (SSSR count). The molecule has 2 aromatic carbocycles. The molecule has 0 saturated heterocycles. The van der Waals surface area contributed by atoms with Crippen molar-refractivity contribution in [1.82, 2.24) is 0 Å². The minimum Gasteiger partial charge on any atom is -0.491 e. The maximum absolute atomic E-state index is 5.94. The van der Waals surface area contributed by atoms with E-state index in [0.717, 1.165) is 22.3 Å². The Morgan fingerprint density at radius 2 is 1.53 bits per heavy atom. The molecule has 0 aliphatic rings. The summed E-state index contributed by atoms with van der Waals surface area (Å²) in [6.45, 7) is 10.2. The van der Waals surface area contributed by atoms with Crippen molar-refractivity contribution in [3.05, 3.63) is 35.9 Å². The first kappa shape index (κ1) is 13.7. The lowest BCUT2D eigenvalue weighted by molar-refractivity contribution is 0.242. The molecular weight excluding hydrogens is 236 g/mol. The van der Waals surface area contributed by atoms with E-state index < -0.39 is 0 Å². The highest BCUT2D eigenvalue weighted by Crippen LogP contribution is 2.32. The van der Waals surface area contributed by atoms with Crippen LogP contribution in [0.4, 0.5) is 0 Å². The number of aryl methyl sites for hydroxylation is 1. The molecule has 0 N–H and O–H groups in total. The maximum Gasteiger partial charge on any atom is 0.130 e. The predicted octanol–water partition coefficient (Wildman–Crippen LogP) is 4.72. The number of benzene rings is 2. The lowest BCUT2D eigenvalue weighted by Gasteiger charge is -2.16. The zero-order chi connectivity index (χ0) is 14.0. The molecule has 0 bridgehead atoms. The summed E-state index contributed by atoms with van der Waals surface area (Å²) in [5.41, 5.74) is 1.17. The van der Waals surface area contributed by atoms with Gasteiger partial charge in [-0.1, -0.05) is 12.1 Å². The summed E-state index contributed by atoms with van der Waals surface area (Å²) in [5.74, 6) is 1.88. The van der Waals surface area contributed by atoms with E-state index in [2.05, 4.69) is 45.0 Å². The molecule has 0 fully saturated rings.